The second kappa shape index (κ2) is 8.73. The maximum atomic E-state index is 13.0. The molecule has 0 unspecified atom stereocenters. The summed E-state index contributed by atoms with van der Waals surface area (Å²) < 4.78 is 37.8. The second-order valence-corrected chi connectivity index (χ2v) is 7.73. The third kappa shape index (κ3) is 6.64. The molecule has 0 heterocycles. The Balaban J connectivity index is 1.90. The van der Waals surface area contributed by atoms with Gasteiger partial charge in [-0.05, 0) is 29.7 Å². The highest BCUT2D eigenvalue weighted by molar-refractivity contribution is 7.88. The number of amides is 1. The monoisotopic (exact) mass is 364 g/mol. The van der Waals surface area contributed by atoms with Crippen LogP contribution in [0.2, 0.25) is 0 Å². The largest absolute Gasteiger partial charge is 0.355 e. The molecule has 5 nitrogen and oxygen atoms in total. The minimum atomic E-state index is -3.57. The van der Waals surface area contributed by atoms with E-state index < -0.39 is 15.8 Å². The molecule has 0 saturated heterocycles. The first-order chi connectivity index (χ1) is 11.8. The van der Waals surface area contributed by atoms with Crippen molar-refractivity contribution in [3.63, 3.8) is 0 Å². The minimum Gasteiger partial charge on any atom is -0.355 e. The van der Waals surface area contributed by atoms with Crippen molar-refractivity contribution in [2.75, 3.05) is 19.3 Å². The number of nitrogens with one attached hydrogen (secondary N) is 1. The summed E-state index contributed by atoms with van der Waals surface area (Å²) in [6, 6.07) is 15.2. The van der Waals surface area contributed by atoms with E-state index in [1.165, 1.54) is 24.3 Å². The van der Waals surface area contributed by atoms with E-state index in [2.05, 4.69) is 5.32 Å². The molecule has 25 heavy (non-hydrogen) atoms. The number of nitrogens with zero attached hydrogens (tertiary/aromatic N) is 1. The Kier molecular flexibility index (Phi) is 6.66. The van der Waals surface area contributed by atoms with Crippen molar-refractivity contribution >= 4 is 15.9 Å². The van der Waals surface area contributed by atoms with Gasteiger partial charge in [-0.2, -0.15) is 4.31 Å². The zero-order valence-electron chi connectivity index (χ0n) is 14.0. The Labute approximate surface area is 147 Å². The molecule has 2 rings (SSSR count). The Morgan fingerprint density at radius 3 is 2.28 bits per heavy atom. The first-order valence-electron chi connectivity index (χ1n) is 7.85. The fourth-order valence-corrected chi connectivity index (χ4v) is 3.03. The van der Waals surface area contributed by atoms with Crippen molar-refractivity contribution < 1.29 is 17.6 Å². The van der Waals surface area contributed by atoms with Crippen LogP contribution in [0.25, 0.3) is 0 Å². The van der Waals surface area contributed by atoms with Gasteiger partial charge in [0.25, 0.3) is 0 Å². The van der Waals surface area contributed by atoms with Gasteiger partial charge in [-0.15, -0.1) is 0 Å². The summed E-state index contributed by atoms with van der Waals surface area (Å²) in [6.07, 6.45) is 1.72. The lowest BCUT2D eigenvalue weighted by Gasteiger charge is -2.19. The molecule has 0 bridgehead atoms. The maximum Gasteiger partial charge on any atom is 0.235 e. The van der Waals surface area contributed by atoms with Crippen LogP contribution in [0.4, 0.5) is 4.39 Å². The lowest BCUT2D eigenvalue weighted by Crippen LogP contribution is -2.40. The van der Waals surface area contributed by atoms with Crippen molar-refractivity contribution in [3.05, 3.63) is 71.5 Å². The van der Waals surface area contributed by atoms with Crippen molar-refractivity contribution in [1.82, 2.24) is 9.62 Å². The van der Waals surface area contributed by atoms with Gasteiger partial charge in [0.15, 0.2) is 0 Å². The summed E-state index contributed by atoms with van der Waals surface area (Å²) >= 11 is 0. The molecule has 0 aliphatic carbocycles. The number of halogens is 1. The smallest absolute Gasteiger partial charge is 0.235 e. The van der Waals surface area contributed by atoms with Crippen LogP contribution in [0.5, 0.6) is 0 Å². The zero-order chi connectivity index (χ0) is 18.3. The lowest BCUT2D eigenvalue weighted by molar-refractivity contribution is -0.121. The molecular formula is C18H21FN2O3S. The number of hydrogen-bond acceptors (Lipinski definition) is 3. The molecule has 2 aromatic carbocycles. The molecule has 0 fully saturated rings. The highest BCUT2D eigenvalue weighted by atomic mass is 32.2. The second-order valence-electron chi connectivity index (χ2n) is 5.74. The summed E-state index contributed by atoms with van der Waals surface area (Å²) in [6.45, 7) is 0.174. The molecule has 7 heteroatoms. The van der Waals surface area contributed by atoms with Crippen molar-refractivity contribution in [2.45, 2.75) is 13.0 Å². The number of carbonyl (C=O) groups is 1. The normalized spacial score (nSPS) is 11.5. The van der Waals surface area contributed by atoms with E-state index in [1.807, 2.05) is 30.3 Å². The molecule has 2 aromatic rings. The van der Waals surface area contributed by atoms with Gasteiger partial charge in [0, 0.05) is 13.1 Å². The van der Waals surface area contributed by atoms with Crippen LogP contribution >= 0.6 is 0 Å². The zero-order valence-corrected chi connectivity index (χ0v) is 14.8. The number of benzene rings is 2. The van der Waals surface area contributed by atoms with Crippen LogP contribution in [0, 0.1) is 5.82 Å². The summed E-state index contributed by atoms with van der Waals surface area (Å²) in [5.41, 5.74) is 1.71. The molecule has 0 atom stereocenters. The Hall–Kier alpha value is -2.25. The Bertz CT molecular complexity index is 793. The average molecular weight is 364 g/mol. The molecule has 0 saturated carbocycles. The van der Waals surface area contributed by atoms with E-state index >= 15 is 0 Å². The minimum absolute atomic E-state index is 0.0191. The van der Waals surface area contributed by atoms with Gasteiger partial charge in [-0.3, -0.25) is 4.79 Å². The van der Waals surface area contributed by atoms with Gasteiger partial charge in [-0.25, -0.2) is 12.8 Å². The SMILES string of the molecule is CS(=O)(=O)N(CC(=O)NCCc1ccccc1)Cc1ccc(F)cc1. The van der Waals surface area contributed by atoms with Crippen molar-refractivity contribution in [2.24, 2.45) is 0 Å². The fraction of sp³-hybridized carbons (Fsp3) is 0.278. The number of rotatable bonds is 8. The molecule has 0 aliphatic heterocycles. The van der Waals surface area contributed by atoms with E-state index in [1.54, 1.807) is 0 Å². The molecule has 0 radical (unpaired) electrons. The molecule has 0 aliphatic rings. The molecule has 1 N–H and O–H groups in total. The van der Waals surface area contributed by atoms with E-state index in [0.717, 1.165) is 16.1 Å². The molecule has 134 valence electrons. The van der Waals surface area contributed by atoms with Crippen LogP contribution in [0.15, 0.2) is 54.6 Å². The molecular weight excluding hydrogens is 343 g/mol. The predicted molar refractivity (Wildman–Crippen MR) is 94.8 cm³/mol. The van der Waals surface area contributed by atoms with Crippen LogP contribution < -0.4 is 5.32 Å². The van der Waals surface area contributed by atoms with Crippen molar-refractivity contribution in [1.29, 1.82) is 0 Å². The first kappa shape index (κ1) is 19.1. The van der Waals surface area contributed by atoms with Gasteiger partial charge in [0.05, 0.1) is 12.8 Å². The Morgan fingerprint density at radius 2 is 1.68 bits per heavy atom. The van der Waals surface area contributed by atoms with Gasteiger partial charge < -0.3 is 5.32 Å². The summed E-state index contributed by atoms with van der Waals surface area (Å²) in [7, 11) is -3.57. The summed E-state index contributed by atoms with van der Waals surface area (Å²) in [5.74, 6) is -0.767. The van der Waals surface area contributed by atoms with E-state index in [0.29, 0.717) is 18.5 Å². The first-order valence-corrected chi connectivity index (χ1v) is 9.69. The Morgan fingerprint density at radius 1 is 1.04 bits per heavy atom. The molecule has 0 aromatic heterocycles. The summed E-state index contributed by atoms with van der Waals surface area (Å²) in [5, 5.41) is 2.72. The standard InChI is InChI=1S/C18H21FN2O3S/c1-25(23,24)21(13-16-7-9-17(19)10-8-16)14-18(22)20-12-11-15-5-3-2-4-6-15/h2-10H,11-14H2,1H3,(H,20,22). The van der Waals surface area contributed by atoms with Crippen LogP contribution in [0.1, 0.15) is 11.1 Å². The topological polar surface area (TPSA) is 66.5 Å². The van der Waals surface area contributed by atoms with Crippen LogP contribution in [0.3, 0.4) is 0 Å². The third-order valence-electron chi connectivity index (χ3n) is 3.64. The predicted octanol–water partition coefficient (Wildman–Crippen LogP) is 1.95. The molecule has 1 amide bonds. The quantitative estimate of drug-likeness (QED) is 0.779. The fourth-order valence-electron chi connectivity index (χ4n) is 2.29. The maximum absolute atomic E-state index is 13.0. The van der Waals surface area contributed by atoms with Gasteiger partial charge in [-0.1, -0.05) is 42.5 Å². The summed E-state index contributed by atoms with van der Waals surface area (Å²) in [4.78, 5) is 12.1. The number of sulfonamides is 1. The van der Waals surface area contributed by atoms with Crippen LogP contribution in [-0.2, 0) is 27.8 Å². The highest BCUT2D eigenvalue weighted by Gasteiger charge is 2.20. The van der Waals surface area contributed by atoms with E-state index in [-0.39, 0.29) is 19.0 Å². The number of carbonyl (C=O) groups excluding carboxylic acids is 1. The average Bonchev–Trinajstić information content (AvgIpc) is 2.56. The number of hydrogen-bond donors (Lipinski definition) is 1. The van der Waals surface area contributed by atoms with Crippen molar-refractivity contribution in [3.8, 4) is 0 Å². The third-order valence-corrected chi connectivity index (χ3v) is 4.84. The van der Waals surface area contributed by atoms with Crippen LogP contribution in [-0.4, -0.2) is 38.0 Å². The van der Waals surface area contributed by atoms with E-state index in [9.17, 15) is 17.6 Å². The van der Waals surface area contributed by atoms with Gasteiger partial charge in [0.2, 0.25) is 15.9 Å². The van der Waals surface area contributed by atoms with E-state index in [4.69, 9.17) is 0 Å². The lowest BCUT2D eigenvalue weighted by atomic mass is 10.1. The highest BCUT2D eigenvalue weighted by Crippen LogP contribution is 2.09. The van der Waals surface area contributed by atoms with Gasteiger partial charge >= 0.3 is 0 Å². The van der Waals surface area contributed by atoms with Gasteiger partial charge in [0.1, 0.15) is 5.82 Å². The molecule has 0 spiro atoms.